The van der Waals surface area contributed by atoms with E-state index >= 15 is 0 Å². The molecule has 1 aromatic rings. The maximum absolute atomic E-state index is 5.82. The Morgan fingerprint density at radius 3 is 2.54 bits per heavy atom. The van der Waals surface area contributed by atoms with Crippen molar-refractivity contribution < 1.29 is 4.52 Å². The minimum absolute atomic E-state index is 0.333. The number of rotatable bonds is 3. The molecule has 0 aromatic carbocycles. The fourth-order valence-electron chi connectivity index (χ4n) is 0.879. The van der Waals surface area contributed by atoms with Gasteiger partial charge in [0, 0.05) is 5.92 Å². The molecule has 4 heteroatoms. The van der Waals surface area contributed by atoms with Gasteiger partial charge in [-0.15, -0.1) is 0 Å². The summed E-state index contributed by atoms with van der Waals surface area (Å²) in [5, 5.41) is 3.89. The summed E-state index contributed by atoms with van der Waals surface area (Å²) in [6.45, 7) is 7.86. The van der Waals surface area contributed by atoms with Crippen LogP contribution in [0.2, 0.25) is 0 Å². The Morgan fingerprint density at radius 1 is 1.54 bits per heavy atom. The topological polar surface area (TPSA) is 64.9 Å². The van der Waals surface area contributed by atoms with Crippen LogP contribution in [0.3, 0.4) is 0 Å². The van der Waals surface area contributed by atoms with E-state index in [9.17, 15) is 0 Å². The molecule has 0 aliphatic rings. The van der Waals surface area contributed by atoms with E-state index in [4.69, 9.17) is 10.3 Å². The zero-order valence-electron chi connectivity index (χ0n) is 8.66. The van der Waals surface area contributed by atoms with E-state index in [1.165, 1.54) is 0 Å². The van der Waals surface area contributed by atoms with Crippen LogP contribution in [0.1, 0.15) is 51.7 Å². The van der Waals surface area contributed by atoms with Gasteiger partial charge in [-0.05, 0) is 20.3 Å². The molecule has 0 bridgehead atoms. The third-order valence-corrected chi connectivity index (χ3v) is 2.05. The molecule has 1 unspecified atom stereocenters. The van der Waals surface area contributed by atoms with Crippen molar-refractivity contribution in [1.29, 1.82) is 0 Å². The largest absolute Gasteiger partial charge is 0.337 e. The van der Waals surface area contributed by atoms with Crippen LogP contribution in [-0.4, -0.2) is 10.1 Å². The molecular weight excluding hydrogens is 166 g/mol. The molecule has 13 heavy (non-hydrogen) atoms. The second-order valence-electron chi connectivity index (χ2n) is 3.99. The lowest BCUT2D eigenvalue weighted by molar-refractivity contribution is 0.309. The number of hydrogen-bond donors (Lipinski definition) is 1. The minimum Gasteiger partial charge on any atom is -0.337 e. The van der Waals surface area contributed by atoms with Crippen LogP contribution >= 0.6 is 0 Å². The first kappa shape index (κ1) is 10.2. The first-order chi connectivity index (χ1) is 5.95. The molecular formula is C9H17N3O. The first-order valence-electron chi connectivity index (χ1n) is 4.58. The molecule has 0 aliphatic heterocycles. The Balaban J connectivity index is 2.87. The summed E-state index contributed by atoms with van der Waals surface area (Å²) in [5.74, 6) is 1.58. The van der Waals surface area contributed by atoms with Crippen molar-refractivity contribution in [3.63, 3.8) is 0 Å². The number of hydrogen-bond acceptors (Lipinski definition) is 4. The van der Waals surface area contributed by atoms with Gasteiger partial charge in [0.25, 0.3) is 0 Å². The van der Waals surface area contributed by atoms with Crippen molar-refractivity contribution in [3.05, 3.63) is 11.7 Å². The maximum atomic E-state index is 5.82. The summed E-state index contributed by atoms with van der Waals surface area (Å²) in [5.41, 5.74) is 5.27. The molecule has 0 saturated carbocycles. The van der Waals surface area contributed by atoms with Crippen molar-refractivity contribution >= 4 is 0 Å². The van der Waals surface area contributed by atoms with E-state index in [2.05, 4.69) is 24.0 Å². The van der Waals surface area contributed by atoms with Crippen LogP contribution in [0.5, 0.6) is 0 Å². The highest BCUT2D eigenvalue weighted by atomic mass is 16.5. The molecule has 0 saturated heterocycles. The normalized spacial score (nSPS) is 14.5. The monoisotopic (exact) mass is 183 g/mol. The summed E-state index contributed by atoms with van der Waals surface area (Å²) >= 11 is 0. The van der Waals surface area contributed by atoms with E-state index in [1.807, 2.05) is 13.8 Å². The van der Waals surface area contributed by atoms with Crippen molar-refractivity contribution in [2.75, 3.05) is 0 Å². The highest BCUT2D eigenvalue weighted by Crippen LogP contribution is 2.19. The summed E-state index contributed by atoms with van der Waals surface area (Å²) < 4.78 is 5.07. The Morgan fingerprint density at radius 2 is 2.15 bits per heavy atom. The molecule has 2 N–H and O–H groups in total. The summed E-state index contributed by atoms with van der Waals surface area (Å²) in [6, 6.07) is 0. The van der Waals surface area contributed by atoms with Gasteiger partial charge >= 0.3 is 0 Å². The van der Waals surface area contributed by atoms with Crippen molar-refractivity contribution in [2.24, 2.45) is 5.73 Å². The molecule has 0 aliphatic carbocycles. The molecule has 1 rings (SSSR count). The predicted octanol–water partition coefficient (Wildman–Crippen LogP) is 1.78. The fourth-order valence-corrected chi connectivity index (χ4v) is 0.879. The molecule has 1 heterocycles. The van der Waals surface area contributed by atoms with Gasteiger partial charge in [-0.2, -0.15) is 4.98 Å². The van der Waals surface area contributed by atoms with E-state index < -0.39 is 5.54 Å². The summed E-state index contributed by atoms with van der Waals surface area (Å²) in [7, 11) is 0. The molecule has 0 fully saturated rings. The van der Waals surface area contributed by atoms with Gasteiger partial charge < -0.3 is 10.3 Å². The van der Waals surface area contributed by atoms with Crippen LogP contribution in [0, 0.1) is 0 Å². The van der Waals surface area contributed by atoms with Gasteiger partial charge in [0.15, 0.2) is 5.82 Å². The van der Waals surface area contributed by atoms with Gasteiger partial charge in [-0.3, -0.25) is 0 Å². The van der Waals surface area contributed by atoms with Crippen LogP contribution in [0.25, 0.3) is 0 Å². The summed E-state index contributed by atoms with van der Waals surface area (Å²) in [6.07, 6.45) is 1.00. The van der Waals surface area contributed by atoms with Crippen molar-refractivity contribution in [2.45, 2.75) is 45.6 Å². The van der Waals surface area contributed by atoms with Gasteiger partial charge in [-0.25, -0.2) is 0 Å². The highest BCUT2D eigenvalue weighted by molar-refractivity contribution is 5.00. The molecule has 0 radical (unpaired) electrons. The standard InChI is InChI=1S/C9H17N3O/c1-5-6(2)7-11-8(13-12-7)9(3,4)10/h6H,5,10H2,1-4H3. The van der Waals surface area contributed by atoms with Crippen LogP contribution in [0.4, 0.5) is 0 Å². The second-order valence-corrected chi connectivity index (χ2v) is 3.99. The maximum Gasteiger partial charge on any atom is 0.246 e. The number of nitrogens with two attached hydrogens (primary N) is 1. The number of aromatic nitrogens is 2. The second kappa shape index (κ2) is 3.46. The van der Waals surface area contributed by atoms with E-state index in [-0.39, 0.29) is 0 Å². The van der Waals surface area contributed by atoms with E-state index in [1.54, 1.807) is 0 Å². The first-order valence-corrected chi connectivity index (χ1v) is 4.58. The molecule has 0 spiro atoms. The van der Waals surface area contributed by atoms with E-state index in [0.29, 0.717) is 11.8 Å². The molecule has 0 amide bonds. The smallest absolute Gasteiger partial charge is 0.246 e. The third-order valence-electron chi connectivity index (χ3n) is 2.05. The van der Waals surface area contributed by atoms with Crippen molar-refractivity contribution in [1.82, 2.24) is 10.1 Å². The lowest BCUT2D eigenvalue weighted by Crippen LogP contribution is -2.29. The Kier molecular flexibility index (Phi) is 2.71. The highest BCUT2D eigenvalue weighted by Gasteiger charge is 2.23. The van der Waals surface area contributed by atoms with Gasteiger partial charge in [0.05, 0.1) is 5.54 Å². The molecule has 74 valence electrons. The zero-order chi connectivity index (χ0) is 10.1. The quantitative estimate of drug-likeness (QED) is 0.775. The van der Waals surface area contributed by atoms with Gasteiger partial charge in [0.1, 0.15) is 0 Å². The molecule has 1 aromatic heterocycles. The fraction of sp³-hybridized carbons (Fsp3) is 0.778. The third kappa shape index (κ3) is 2.28. The average molecular weight is 183 g/mol. The zero-order valence-corrected chi connectivity index (χ0v) is 8.66. The number of nitrogens with zero attached hydrogens (tertiary/aromatic N) is 2. The van der Waals surface area contributed by atoms with Crippen LogP contribution < -0.4 is 5.73 Å². The van der Waals surface area contributed by atoms with Gasteiger partial charge in [-0.1, -0.05) is 19.0 Å². The molecule has 1 atom stereocenters. The van der Waals surface area contributed by atoms with E-state index in [0.717, 1.165) is 12.2 Å². The molecule has 4 nitrogen and oxygen atoms in total. The van der Waals surface area contributed by atoms with Gasteiger partial charge in [0.2, 0.25) is 5.89 Å². The minimum atomic E-state index is -0.543. The predicted molar refractivity (Wildman–Crippen MR) is 50.2 cm³/mol. The lowest BCUT2D eigenvalue weighted by Gasteiger charge is -2.11. The lowest BCUT2D eigenvalue weighted by atomic mass is 10.1. The van der Waals surface area contributed by atoms with Crippen LogP contribution in [-0.2, 0) is 5.54 Å². The Hall–Kier alpha value is -0.900. The Bertz CT molecular complexity index is 275. The Labute approximate surface area is 78.5 Å². The summed E-state index contributed by atoms with van der Waals surface area (Å²) in [4.78, 5) is 4.25. The van der Waals surface area contributed by atoms with Crippen LogP contribution in [0.15, 0.2) is 4.52 Å². The van der Waals surface area contributed by atoms with Crippen molar-refractivity contribution in [3.8, 4) is 0 Å². The average Bonchev–Trinajstić information content (AvgIpc) is 2.50. The SMILES string of the molecule is CCC(C)c1noc(C(C)(C)N)n1.